The van der Waals surface area contributed by atoms with Crippen molar-refractivity contribution in [3.8, 4) is 0 Å². The molecule has 0 bridgehead atoms. The van der Waals surface area contributed by atoms with Crippen LogP contribution in [0.5, 0.6) is 0 Å². The summed E-state index contributed by atoms with van der Waals surface area (Å²) in [6.07, 6.45) is 1.46. The lowest BCUT2D eigenvalue weighted by molar-refractivity contribution is 0.634. The number of aryl methyl sites for hydroxylation is 1. The van der Waals surface area contributed by atoms with Crippen molar-refractivity contribution in [1.29, 1.82) is 0 Å². The van der Waals surface area contributed by atoms with Gasteiger partial charge in [-0.15, -0.1) is 0 Å². The van der Waals surface area contributed by atoms with Gasteiger partial charge in [0.05, 0.1) is 6.54 Å². The van der Waals surface area contributed by atoms with Gasteiger partial charge in [-0.25, -0.2) is 4.79 Å². The van der Waals surface area contributed by atoms with Crippen molar-refractivity contribution in [1.82, 2.24) is 9.13 Å². The molecule has 0 unspecified atom stereocenters. The average molecular weight is 180 g/mol. The van der Waals surface area contributed by atoms with Crippen molar-refractivity contribution >= 4 is 0 Å². The van der Waals surface area contributed by atoms with Gasteiger partial charge in [-0.05, 0) is 6.92 Å². The third-order valence-electron chi connectivity index (χ3n) is 1.67. The SMILES string of the molecule is C=C(C)Cn1c(=O)ccn(C)c1=O. The Morgan fingerprint density at radius 3 is 2.69 bits per heavy atom. The van der Waals surface area contributed by atoms with Crippen LogP contribution in [0.4, 0.5) is 0 Å². The Balaban J connectivity index is 3.35. The van der Waals surface area contributed by atoms with Crippen LogP contribution in [0.25, 0.3) is 0 Å². The molecule has 0 atom stereocenters. The van der Waals surface area contributed by atoms with E-state index in [4.69, 9.17) is 0 Å². The Morgan fingerprint density at radius 1 is 1.54 bits per heavy atom. The summed E-state index contributed by atoms with van der Waals surface area (Å²) >= 11 is 0. The Hall–Kier alpha value is -1.58. The zero-order valence-corrected chi connectivity index (χ0v) is 7.78. The van der Waals surface area contributed by atoms with E-state index in [0.717, 1.165) is 10.1 Å². The number of hydrogen-bond donors (Lipinski definition) is 0. The topological polar surface area (TPSA) is 44.0 Å². The summed E-state index contributed by atoms with van der Waals surface area (Å²) in [5, 5.41) is 0. The van der Waals surface area contributed by atoms with Gasteiger partial charge in [-0.3, -0.25) is 9.36 Å². The number of aromatic nitrogens is 2. The summed E-state index contributed by atoms with van der Waals surface area (Å²) in [4.78, 5) is 22.6. The van der Waals surface area contributed by atoms with Crippen LogP contribution in [0.2, 0.25) is 0 Å². The van der Waals surface area contributed by atoms with Crippen LogP contribution >= 0.6 is 0 Å². The Bertz CT molecular complexity index is 440. The zero-order chi connectivity index (χ0) is 10.0. The summed E-state index contributed by atoms with van der Waals surface area (Å²) in [5.41, 5.74) is 0.187. The maximum absolute atomic E-state index is 11.4. The largest absolute Gasteiger partial charge is 0.331 e. The summed E-state index contributed by atoms with van der Waals surface area (Å²) in [5.74, 6) is 0. The molecular weight excluding hydrogens is 168 g/mol. The van der Waals surface area contributed by atoms with Gasteiger partial charge in [-0.2, -0.15) is 0 Å². The van der Waals surface area contributed by atoms with E-state index in [1.165, 1.54) is 16.8 Å². The van der Waals surface area contributed by atoms with E-state index < -0.39 is 0 Å². The summed E-state index contributed by atoms with van der Waals surface area (Å²) in [7, 11) is 1.61. The summed E-state index contributed by atoms with van der Waals surface area (Å²) < 4.78 is 2.52. The van der Waals surface area contributed by atoms with Gasteiger partial charge in [0.2, 0.25) is 0 Å². The van der Waals surface area contributed by atoms with Crippen LogP contribution < -0.4 is 11.2 Å². The molecule has 0 saturated carbocycles. The zero-order valence-electron chi connectivity index (χ0n) is 7.78. The molecule has 1 aromatic heterocycles. The minimum absolute atomic E-state index is 0.284. The molecule has 1 rings (SSSR count). The molecule has 0 aliphatic heterocycles. The lowest BCUT2D eigenvalue weighted by Gasteiger charge is -2.04. The first-order valence-corrected chi connectivity index (χ1v) is 3.93. The van der Waals surface area contributed by atoms with Crippen molar-refractivity contribution in [2.24, 2.45) is 7.05 Å². The minimum Gasteiger partial charge on any atom is -0.303 e. The standard InChI is InChI=1S/C9H12N2O2/c1-7(2)6-11-8(12)4-5-10(3)9(11)13/h4-5H,1,6H2,2-3H3. The molecule has 4 heteroatoms. The van der Waals surface area contributed by atoms with Gasteiger partial charge in [0.1, 0.15) is 0 Å². The molecule has 4 nitrogen and oxygen atoms in total. The number of rotatable bonds is 2. The second kappa shape index (κ2) is 3.43. The van der Waals surface area contributed by atoms with E-state index in [0.29, 0.717) is 0 Å². The maximum Gasteiger partial charge on any atom is 0.331 e. The second-order valence-corrected chi connectivity index (χ2v) is 3.09. The molecule has 13 heavy (non-hydrogen) atoms. The Labute approximate surface area is 75.7 Å². The first-order valence-electron chi connectivity index (χ1n) is 3.93. The Morgan fingerprint density at radius 2 is 2.15 bits per heavy atom. The third-order valence-corrected chi connectivity index (χ3v) is 1.67. The van der Waals surface area contributed by atoms with E-state index in [1.807, 2.05) is 0 Å². The fraction of sp³-hybridized carbons (Fsp3) is 0.333. The van der Waals surface area contributed by atoms with Crippen LogP contribution in [0.15, 0.2) is 34.0 Å². The lowest BCUT2D eigenvalue weighted by atomic mass is 10.3. The molecule has 1 heterocycles. The molecule has 0 fully saturated rings. The number of nitrogens with zero attached hydrogens (tertiary/aromatic N) is 2. The average Bonchev–Trinajstić information content (AvgIpc) is 2.05. The summed E-state index contributed by atoms with van der Waals surface area (Å²) in [6.45, 7) is 5.72. The smallest absolute Gasteiger partial charge is 0.303 e. The van der Waals surface area contributed by atoms with Gasteiger partial charge in [0.15, 0.2) is 0 Å². The summed E-state index contributed by atoms with van der Waals surface area (Å²) in [6, 6.07) is 1.37. The van der Waals surface area contributed by atoms with Crippen molar-refractivity contribution in [3.63, 3.8) is 0 Å². The first-order chi connectivity index (χ1) is 6.02. The molecule has 0 saturated heterocycles. The number of allylic oxidation sites excluding steroid dienone is 1. The van der Waals surface area contributed by atoms with Crippen LogP contribution in [0.3, 0.4) is 0 Å². The quantitative estimate of drug-likeness (QED) is 0.607. The van der Waals surface area contributed by atoms with E-state index in [-0.39, 0.29) is 17.8 Å². The fourth-order valence-corrected chi connectivity index (χ4v) is 1.03. The molecule has 0 spiro atoms. The fourth-order valence-electron chi connectivity index (χ4n) is 1.03. The molecule has 0 aliphatic carbocycles. The molecule has 0 N–H and O–H groups in total. The van der Waals surface area contributed by atoms with Crippen molar-refractivity contribution in [2.75, 3.05) is 0 Å². The highest BCUT2D eigenvalue weighted by Crippen LogP contribution is 1.87. The molecule has 0 radical (unpaired) electrons. The lowest BCUT2D eigenvalue weighted by Crippen LogP contribution is -2.38. The molecule has 70 valence electrons. The van der Waals surface area contributed by atoms with Gasteiger partial charge in [0, 0.05) is 19.3 Å². The van der Waals surface area contributed by atoms with Crippen LogP contribution in [0.1, 0.15) is 6.92 Å². The van der Waals surface area contributed by atoms with E-state index in [2.05, 4.69) is 6.58 Å². The van der Waals surface area contributed by atoms with Gasteiger partial charge in [0.25, 0.3) is 5.56 Å². The maximum atomic E-state index is 11.4. The van der Waals surface area contributed by atoms with E-state index in [1.54, 1.807) is 14.0 Å². The Kier molecular flexibility index (Phi) is 2.51. The highest BCUT2D eigenvalue weighted by molar-refractivity contribution is 4.93. The normalized spacial score (nSPS) is 10.0. The monoisotopic (exact) mass is 180 g/mol. The van der Waals surface area contributed by atoms with Crippen LogP contribution in [0, 0.1) is 0 Å². The first kappa shape index (κ1) is 9.51. The van der Waals surface area contributed by atoms with Crippen molar-refractivity contribution in [3.05, 3.63) is 45.3 Å². The van der Waals surface area contributed by atoms with E-state index in [9.17, 15) is 9.59 Å². The highest BCUT2D eigenvalue weighted by atomic mass is 16.2. The number of hydrogen-bond acceptors (Lipinski definition) is 2. The van der Waals surface area contributed by atoms with Gasteiger partial charge < -0.3 is 4.57 Å². The van der Waals surface area contributed by atoms with Gasteiger partial charge >= 0.3 is 5.69 Å². The minimum atomic E-state index is -0.310. The third kappa shape index (κ3) is 1.96. The molecular formula is C9H12N2O2. The predicted molar refractivity (Wildman–Crippen MR) is 50.8 cm³/mol. The van der Waals surface area contributed by atoms with E-state index >= 15 is 0 Å². The van der Waals surface area contributed by atoms with Crippen LogP contribution in [-0.2, 0) is 13.6 Å². The molecule has 0 aromatic carbocycles. The highest BCUT2D eigenvalue weighted by Gasteiger charge is 2.01. The predicted octanol–water partition coefficient (Wildman–Crippen LogP) is 0.123. The molecule has 1 aromatic rings. The van der Waals surface area contributed by atoms with Crippen molar-refractivity contribution in [2.45, 2.75) is 13.5 Å². The second-order valence-electron chi connectivity index (χ2n) is 3.09. The van der Waals surface area contributed by atoms with Crippen molar-refractivity contribution < 1.29 is 0 Å². The van der Waals surface area contributed by atoms with Gasteiger partial charge in [-0.1, -0.05) is 12.2 Å². The molecule has 0 amide bonds. The van der Waals surface area contributed by atoms with Crippen LogP contribution in [-0.4, -0.2) is 9.13 Å². The molecule has 0 aliphatic rings.